The van der Waals surface area contributed by atoms with E-state index in [1.165, 1.54) is 167 Å². The van der Waals surface area contributed by atoms with Crippen molar-refractivity contribution < 1.29 is 39.2 Å². The number of ether oxygens (including phenoxy) is 2. The second kappa shape index (κ2) is 34.5. The number of hydrogen-bond donors (Lipinski definition) is 4. The third-order valence-electron chi connectivity index (χ3n) is 11.8. The van der Waals surface area contributed by atoms with Crippen molar-refractivity contribution in [2.24, 2.45) is 0 Å². The molecule has 0 saturated carbocycles. The lowest BCUT2D eigenvalue weighted by Crippen LogP contribution is -2.72. The average Bonchev–Trinajstić information content (AvgIpc) is 3.16. The van der Waals surface area contributed by atoms with Crippen LogP contribution in [0.4, 0.5) is 4.79 Å². The maximum absolute atomic E-state index is 13.8. The molecule has 8 nitrogen and oxygen atoms in total. The van der Waals surface area contributed by atoms with Crippen LogP contribution in [0.25, 0.3) is 0 Å². The fourth-order valence-corrected chi connectivity index (χ4v) is 8.28. The standard InChI is InChI=1S/C45H90NO7/c1-4-7-9-11-13-15-17-19-21-23-25-27-29-31-33-35-37-46(45(51)52-6-3,44-43(50)42(49)41(48)40(39-47)53-44)38-36-34-32-30-28-26-24-22-20-18-16-14-12-10-8-5-2/h40-44,47-50H,4-39H2,1-3H3/q+1/t40-,41-,42+,43-,44?/m1/s1. The summed E-state index contributed by atoms with van der Waals surface area (Å²) in [6.07, 6.45) is 33.3. The molecule has 4 N–H and O–H groups in total. The molecule has 0 aliphatic carbocycles. The second-order valence-corrected chi connectivity index (χ2v) is 16.5. The number of quaternary nitrogens is 1. The van der Waals surface area contributed by atoms with Gasteiger partial charge in [-0.15, -0.1) is 0 Å². The number of unbranched alkanes of at least 4 members (excludes halogenated alkanes) is 30. The Balaban J connectivity index is 2.54. The lowest BCUT2D eigenvalue weighted by Gasteiger charge is -2.48. The molecule has 1 amide bonds. The van der Waals surface area contributed by atoms with E-state index in [0.717, 1.165) is 38.5 Å². The monoisotopic (exact) mass is 757 g/mol. The lowest BCUT2D eigenvalue weighted by atomic mass is 9.96. The highest BCUT2D eigenvalue weighted by Crippen LogP contribution is 2.32. The van der Waals surface area contributed by atoms with E-state index in [2.05, 4.69) is 13.8 Å². The Morgan fingerprint density at radius 3 is 1.06 bits per heavy atom. The molecule has 1 saturated heterocycles. The van der Waals surface area contributed by atoms with E-state index >= 15 is 0 Å². The summed E-state index contributed by atoms with van der Waals surface area (Å²) in [5.41, 5.74) is 0. The van der Waals surface area contributed by atoms with Gasteiger partial charge in [-0.05, 0) is 32.6 Å². The highest BCUT2D eigenvalue weighted by atomic mass is 16.6. The van der Waals surface area contributed by atoms with Crippen LogP contribution in [0.5, 0.6) is 0 Å². The van der Waals surface area contributed by atoms with E-state index < -0.39 is 43.3 Å². The minimum Gasteiger partial charge on any atom is -0.420 e. The maximum Gasteiger partial charge on any atom is 0.518 e. The molecule has 53 heavy (non-hydrogen) atoms. The Bertz CT molecular complexity index is 776. The summed E-state index contributed by atoms with van der Waals surface area (Å²) < 4.78 is 11.5. The molecule has 1 heterocycles. The largest absolute Gasteiger partial charge is 0.518 e. The zero-order chi connectivity index (χ0) is 38.8. The van der Waals surface area contributed by atoms with Gasteiger partial charge in [-0.2, -0.15) is 9.28 Å². The summed E-state index contributed by atoms with van der Waals surface area (Å²) in [5.74, 6) is 0. The van der Waals surface area contributed by atoms with Crippen LogP contribution in [0.1, 0.15) is 226 Å². The van der Waals surface area contributed by atoms with Crippen LogP contribution in [0.3, 0.4) is 0 Å². The van der Waals surface area contributed by atoms with Crippen LogP contribution in [-0.4, -0.2) is 87.9 Å². The molecule has 0 bridgehead atoms. The van der Waals surface area contributed by atoms with Crippen molar-refractivity contribution in [1.29, 1.82) is 0 Å². The number of hydrogen-bond acceptors (Lipinski definition) is 7. The quantitative estimate of drug-likeness (QED) is 0.0368. The summed E-state index contributed by atoms with van der Waals surface area (Å²) in [5, 5.41) is 42.4. The molecular weight excluding hydrogens is 666 g/mol. The molecule has 1 unspecified atom stereocenters. The smallest absolute Gasteiger partial charge is 0.420 e. The molecule has 0 aromatic carbocycles. The average molecular weight is 757 g/mol. The molecule has 8 heteroatoms. The van der Waals surface area contributed by atoms with Gasteiger partial charge >= 0.3 is 6.09 Å². The number of aliphatic hydroxyl groups is 4. The van der Waals surface area contributed by atoms with Crippen LogP contribution in [0.2, 0.25) is 0 Å². The maximum atomic E-state index is 13.8. The fourth-order valence-electron chi connectivity index (χ4n) is 8.28. The van der Waals surface area contributed by atoms with Crippen molar-refractivity contribution in [2.45, 2.75) is 257 Å². The number of amides is 1. The second-order valence-electron chi connectivity index (χ2n) is 16.5. The summed E-state index contributed by atoms with van der Waals surface area (Å²) in [4.78, 5) is 13.8. The topological polar surface area (TPSA) is 116 Å². The molecule has 1 aliphatic rings. The first-order valence-electron chi connectivity index (χ1n) is 23.2. The Morgan fingerprint density at radius 2 is 0.774 bits per heavy atom. The first-order valence-corrected chi connectivity index (χ1v) is 23.2. The van der Waals surface area contributed by atoms with Crippen molar-refractivity contribution in [1.82, 2.24) is 0 Å². The Morgan fingerprint density at radius 1 is 0.472 bits per heavy atom. The van der Waals surface area contributed by atoms with Gasteiger partial charge in [0.1, 0.15) is 18.3 Å². The molecule has 5 atom stereocenters. The van der Waals surface area contributed by atoms with Crippen molar-refractivity contribution in [3.63, 3.8) is 0 Å². The molecule has 0 radical (unpaired) electrons. The van der Waals surface area contributed by atoms with E-state index in [1.54, 1.807) is 6.92 Å². The number of aliphatic hydroxyl groups excluding tert-OH is 4. The minimum atomic E-state index is -1.52. The molecule has 1 fully saturated rings. The molecule has 0 spiro atoms. The van der Waals surface area contributed by atoms with Crippen LogP contribution in [-0.2, 0) is 9.47 Å². The number of nitrogens with zero attached hydrogens (tertiary/aromatic N) is 1. The summed E-state index contributed by atoms with van der Waals surface area (Å²) in [7, 11) is 0. The zero-order valence-corrected chi connectivity index (χ0v) is 35.3. The van der Waals surface area contributed by atoms with Gasteiger partial charge in [-0.1, -0.05) is 194 Å². The van der Waals surface area contributed by atoms with Crippen LogP contribution < -0.4 is 0 Å². The highest BCUT2D eigenvalue weighted by Gasteiger charge is 2.57. The van der Waals surface area contributed by atoms with Gasteiger partial charge in [-0.3, -0.25) is 0 Å². The van der Waals surface area contributed by atoms with E-state index in [1.807, 2.05) is 0 Å². The number of carbonyl (C=O) groups is 1. The molecule has 0 aromatic heterocycles. The predicted octanol–water partition coefficient (Wildman–Crippen LogP) is 11.3. The van der Waals surface area contributed by atoms with Crippen molar-refractivity contribution in [3.8, 4) is 0 Å². The lowest BCUT2D eigenvalue weighted by molar-refractivity contribution is -0.915. The Labute approximate surface area is 327 Å². The van der Waals surface area contributed by atoms with Crippen molar-refractivity contribution in [2.75, 3.05) is 26.3 Å². The molecule has 1 aliphatic heterocycles. The Hall–Kier alpha value is -0.770. The highest BCUT2D eigenvalue weighted by molar-refractivity contribution is 5.60. The van der Waals surface area contributed by atoms with E-state index in [-0.39, 0.29) is 11.1 Å². The summed E-state index contributed by atoms with van der Waals surface area (Å²) in [6, 6.07) is 0. The third kappa shape index (κ3) is 22.5. The van der Waals surface area contributed by atoms with Gasteiger partial charge in [0.25, 0.3) is 0 Å². The predicted molar refractivity (Wildman–Crippen MR) is 220 cm³/mol. The molecule has 1 rings (SSSR count). The summed E-state index contributed by atoms with van der Waals surface area (Å²) >= 11 is 0. The molecule has 0 aromatic rings. The zero-order valence-electron chi connectivity index (χ0n) is 35.3. The number of rotatable bonds is 37. The van der Waals surface area contributed by atoms with E-state index in [9.17, 15) is 25.2 Å². The first-order chi connectivity index (χ1) is 25.9. The van der Waals surface area contributed by atoms with Gasteiger partial charge in [0.2, 0.25) is 6.23 Å². The van der Waals surface area contributed by atoms with Gasteiger partial charge in [-0.25, -0.2) is 0 Å². The normalized spacial score (nSPS) is 20.6. The molecule has 316 valence electrons. The van der Waals surface area contributed by atoms with Crippen LogP contribution >= 0.6 is 0 Å². The summed E-state index contributed by atoms with van der Waals surface area (Å²) in [6.45, 7) is 6.87. The van der Waals surface area contributed by atoms with Gasteiger partial charge < -0.3 is 29.9 Å². The van der Waals surface area contributed by atoms with Gasteiger partial charge in [0.05, 0.1) is 26.3 Å². The SMILES string of the molecule is CCCCCCCCCCCCCCCCCC[N+](CCCCCCCCCCCCCCCCCC)(C(=O)OCC)C1O[C@H](CO)[C@@H](O)[C@H](O)[C@H]1O. The van der Waals surface area contributed by atoms with Crippen molar-refractivity contribution in [3.05, 3.63) is 0 Å². The van der Waals surface area contributed by atoms with Crippen LogP contribution in [0.15, 0.2) is 0 Å². The minimum absolute atomic E-state index is 0.203. The van der Waals surface area contributed by atoms with E-state index in [0.29, 0.717) is 13.1 Å². The van der Waals surface area contributed by atoms with Gasteiger partial charge in [0.15, 0.2) is 6.10 Å². The molecular formula is C45H90NO7+. The Kier molecular flexibility index (Phi) is 32.7. The van der Waals surface area contributed by atoms with Crippen molar-refractivity contribution >= 4 is 6.09 Å². The third-order valence-corrected chi connectivity index (χ3v) is 11.8. The number of carbonyl (C=O) groups excluding carboxylic acids is 1. The fraction of sp³-hybridized carbons (Fsp3) is 0.978. The van der Waals surface area contributed by atoms with Gasteiger partial charge in [0, 0.05) is 0 Å². The van der Waals surface area contributed by atoms with E-state index in [4.69, 9.17) is 9.47 Å². The first kappa shape index (κ1) is 50.2. The van der Waals surface area contributed by atoms with Crippen LogP contribution in [0, 0.1) is 0 Å².